The van der Waals surface area contributed by atoms with Crippen LogP contribution in [0.1, 0.15) is 11.1 Å². The molecule has 3 rings (SSSR count). The molecule has 1 heterocycles. The zero-order valence-electron chi connectivity index (χ0n) is 14.2. The molecule has 0 unspecified atom stereocenters. The summed E-state index contributed by atoms with van der Waals surface area (Å²) in [6.45, 7) is -0.469. The van der Waals surface area contributed by atoms with Crippen LogP contribution in [0, 0.1) is 0 Å². The van der Waals surface area contributed by atoms with Crippen LogP contribution < -0.4 is 5.32 Å². The van der Waals surface area contributed by atoms with Crippen LogP contribution in [0.4, 0.5) is 18.9 Å². The van der Waals surface area contributed by atoms with E-state index in [-0.39, 0.29) is 10.0 Å². The number of halogens is 3. The maximum absolute atomic E-state index is 13.0. The van der Waals surface area contributed by atoms with Crippen molar-refractivity contribution in [1.82, 2.24) is 4.90 Å². The molecule has 0 bridgehead atoms. The number of hydrogen-bond acceptors (Lipinski definition) is 4. The van der Waals surface area contributed by atoms with E-state index in [0.717, 1.165) is 34.4 Å². The van der Waals surface area contributed by atoms with Gasteiger partial charge in [0.1, 0.15) is 10.9 Å². The first kappa shape index (κ1) is 20.1. The summed E-state index contributed by atoms with van der Waals surface area (Å²) < 4.78 is 39.3. The second kappa shape index (κ2) is 8.15. The van der Waals surface area contributed by atoms with Crippen LogP contribution in [0.15, 0.2) is 59.5 Å². The third kappa shape index (κ3) is 4.60. The molecule has 1 aliphatic heterocycles. The van der Waals surface area contributed by atoms with Crippen LogP contribution in [0.25, 0.3) is 6.08 Å². The summed E-state index contributed by atoms with van der Waals surface area (Å²) in [7, 11) is 0. The number of rotatable bonds is 4. The van der Waals surface area contributed by atoms with Crippen molar-refractivity contribution in [2.75, 3.05) is 11.9 Å². The molecule has 4 nitrogen and oxygen atoms in total. The molecule has 1 fully saturated rings. The zero-order valence-corrected chi connectivity index (χ0v) is 15.8. The molecule has 1 N–H and O–H groups in total. The van der Waals surface area contributed by atoms with Crippen molar-refractivity contribution in [1.29, 1.82) is 0 Å². The zero-order chi connectivity index (χ0) is 20.3. The number of amides is 2. The molecule has 9 heteroatoms. The molecule has 28 heavy (non-hydrogen) atoms. The number of benzene rings is 2. The minimum Gasteiger partial charge on any atom is -0.324 e. The van der Waals surface area contributed by atoms with E-state index in [1.807, 2.05) is 30.3 Å². The molecule has 0 atom stereocenters. The number of hydrogen-bond donors (Lipinski definition) is 1. The quantitative estimate of drug-likeness (QED) is 0.580. The van der Waals surface area contributed by atoms with Gasteiger partial charge in [0.15, 0.2) is 0 Å². The Labute approximate surface area is 168 Å². The van der Waals surface area contributed by atoms with E-state index in [2.05, 4.69) is 5.32 Å². The van der Waals surface area contributed by atoms with Crippen molar-refractivity contribution in [3.8, 4) is 0 Å². The average Bonchev–Trinajstić information content (AvgIpc) is 2.89. The van der Waals surface area contributed by atoms with Gasteiger partial charge in [-0.05, 0) is 23.8 Å². The van der Waals surface area contributed by atoms with Crippen molar-refractivity contribution in [3.63, 3.8) is 0 Å². The van der Waals surface area contributed by atoms with E-state index in [0.29, 0.717) is 4.91 Å². The fraction of sp³-hybridized carbons (Fsp3) is 0.105. The Kier molecular flexibility index (Phi) is 5.85. The van der Waals surface area contributed by atoms with Gasteiger partial charge in [-0.25, -0.2) is 0 Å². The predicted octanol–water partition coefficient (Wildman–Crippen LogP) is 4.55. The van der Waals surface area contributed by atoms with Gasteiger partial charge in [0, 0.05) is 0 Å². The van der Waals surface area contributed by atoms with Crippen molar-refractivity contribution in [3.05, 3.63) is 70.6 Å². The van der Waals surface area contributed by atoms with Crippen molar-refractivity contribution in [2.24, 2.45) is 0 Å². The third-order valence-electron chi connectivity index (χ3n) is 3.78. The number of nitrogens with one attached hydrogen (secondary N) is 1. The van der Waals surface area contributed by atoms with Crippen molar-refractivity contribution >= 4 is 51.9 Å². The lowest BCUT2D eigenvalue weighted by Crippen LogP contribution is -2.36. The maximum Gasteiger partial charge on any atom is 0.418 e. The van der Waals surface area contributed by atoms with Gasteiger partial charge < -0.3 is 5.32 Å². The molecule has 0 aromatic heterocycles. The Balaban J connectivity index is 1.72. The maximum atomic E-state index is 13.0. The number of nitrogens with zero attached hydrogens (tertiary/aromatic N) is 1. The fourth-order valence-corrected chi connectivity index (χ4v) is 3.76. The largest absolute Gasteiger partial charge is 0.418 e. The number of alkyl halides is 3. The summed E-state index contributed by atoms with van der Waals surface area (Å²) in [5.74, 6) is -1.23. The number of anilines is 1. The molecular weight excluding hydrogens is 409 g/mol. The summed E-state index contributed by atoms with van der Waals surface area (Å²) in [5, 5.41) is 2.21. The third-order valence-corrected chi connectivity index (χ3v) is 5.16. The lowest BCUT2D eigenvalue weighted by atomic mass is 10.1. The minimum atomic E-state index is -4.61. The SMILES string of the molecule is O=C(CN1C(=O)/C(=C/c2ccccc2)SC1=S)Nc1ccccc1C(F)(F)F. The highest BCUT2D eigenvalue weighted by atomic mass is 32.2. The van der Waals surface area contributed by atoms with E-state index in [9.17, 15) is 22.8 Å². The Morgan fingerprint density at radius 3 is 2.43 bits per heavy atom. The number of thioether (sulfide) groups is 1. The van der Waals surface area contributed by atoms with Crippen molar-refractivity contribution < 1.29 is 22.8 Å². The lowest BCUT2D eigenvalue weighted by Gasteiger charge is -2.16. The van der Waals surface area contributed by atoms with Crippen LogP contribution in [0.3, 0.4) is 0 Å². The van der Waals surface area contributed by atoms with E-state index in [4.69, 9.17) is 12.2 Å². The summed E-state index contributed by atoms with van der Waals surface area (Å²) >= 11 is 6.19. The molecule has 2 aromatic carbocycles. The topological polar surface area (TPSA) is 49.4 Å². The highest BCUT2D eigenvalue weighted by Gasteiger charge is 2.35. The average molecular weight is 422 g/mol. The van der Waals surface area contributed by atoms with Gasteiger partial charge in [0.05, 0.1) is 16.2 Å². The van der Waals surface area contributed by atoms with Crippen LogP contribution in [-0.4, -0.2) is 27.6 Å². The van der Waals surface area contributed by atoms with E-state index >= 15 is 0 Å². The summed E-state index contributed by atoms with van der Waals surface area (Å²) in [6, 6.07) is 13.7. The normalized spacial score (nSPS) is 16.0. The van der Waals surface area contributed by atoms with Crippen LogP contribution in [-0.2, 0) is 15.8 Å². The molecule has 0 aliphatic carbocycles. The highest BCUT2D eigenvalue weighted by Crippen LogP contribution is 2.35. The van der Waals surface area contributed by atoms with Gasteiger partial charge in [-0.2, -0.15) is 13.2 Å². The second-order valence-corrected chi connectivity index (χ2v) is 7.45. The van der Waals surface area contributed by atoms with Crippen LogP contribution in [0.5, 0.6) is 0 Å². The Morgan fingerprint density at radius 1 is 1.11 bits per heavy atom. The lowest BCUT2D eigenvalue weighted by molar-refractivity contribution is -0.137. The summed E-state index contributed by atoms with van der Waals surface area (Å²) in [4.78, 5) is 26.2. The molecule has 1 aliphatic rings. The van der Waals surface area contributed by atoms with Gasteiger partial charge in [0.2, 0.25) is 5.91 Å². The standard InChI is InChI=1S/C19H13F3N2O2S2/c20-19(21,22)13-8-4-5-9-14(13)23-16(25)11-24-17(26)15(28-18(24)27)10-12-6-2-1-3-7-12/h1-10H,11H2,(H,23,25)/b15-10-. The number of thiocarbonyl (C=S) groups is 1. The Hall–Kier alpha value is -2.65. The fourth-order valence-electron chi connectivity index (χ4n) is 2.51. The first-order valence-electron chi connectivity index (χ1n) is 8.02. The van der Waals surface area contributed by atoms with Crippen LogP contribution >= 0.6 is 24.0 Å². The molecule has 2 aromatic rings. The molecule has 0 spiro atoms. The molecule has 1 saturated heterocycles. The Bertz CT molecular complexity index is 959. The number of para-hydroxylation sites is 1. The number of carbonyl (C=O) groups is 2. The molecule has 0 radical (unpaired) electrons. The van der Waals surface area contributed by atoms with E-state index < -0.39 is 30.1 Å². The number of carbonyl (C=O) groups excluding carboxylic acids is 2. The molecule has 0 saturated carbocycles. The minimum absolute atomic E-state index is 0.173. The summed E-state index contributed by atoms with van der Waals surface area (Å²) in [5.41, 5.74) is -0.533. The predicted molar refractivity (Wildman–Crippen MR) is 106 cm³/mol. The van der Waals surface area contributed by atoms with Crippen LogP contribution in [0.2, 0.25) is 0 Å². The molecule has 2 amide bonds. The first-order chi connectivity index (χ1) is 13.3. The van der Waals surface area contributed by atoms with Gasteiger partial charge in [-0.1, -0.05) is 66.4 Å². The van der Waals surface area contributed by atoms with E-state index in [1.54, 1.807) is 6.08 Å². The summed E-state index contributed by atoms with van der Waals surface area (Å²) in [6.07, 6.45) is -2.96. The molecular formula is C19H13F3N2O2S2. The smallest absolute Gasteiger partial charge is 0.324 e. The van der Waals surface area contributed by atoms with Gasteiger partial charge in [0.25, 0.3) is 5.91 Å². The monoisotopic (exact) mass is 422 g/mol. The van der Waals surface area contributed by atoms with Gasteiger partial charge >= 0.3 is 6.18 Å². The Morgan fingerprint density at radius 2 is 1.75 bits per heavy atom. The highest BCUT2D eigenvalue weighted by molar-refractivity contribution is 8.26. The first-order valence-corrected chi connectivity index (χ1v) is 9.24. The second-order valence-electron chi connectivity index (χ2n) is 5.77. The molecule has 144 valence electrons. The van der Waals surface area contributed by atoms with E-state index in [1.165, 1.54) is 12.1 Å². The van der Waals surface area contributed by atoms with Gasteiger partial charge in [-0.15, -0.1) is 0 Å². The van der Waals surface area contributed by atoms with Crippen molar-refractivity contribution in [2.45, 2.75) is 6.18 Å². The van der Waals surface area contributed by atoms with Gasteiger partial charge in [-0.3, -0.25) is 14.5 Å².